The van der Waals surface area contributed by atoms with E-state index < -0.39 is 0 Å². The van der Waals surface area contributed by atoms with Crippen molar-refractivity contribution in [2.24, 2.45) is 5.73 Å². The number of rotatable bonds is 1. The van der Waals surface area contributed by atoms with Crippen molar-refractivity contribution in [3.63, 3.8) is 0 Å². The Morgan fingerprint density at radius 1 is 1.62 bits per heavy atom. The standard InChI is InChI=1S/C7H13N/c1-2-7(8)6-4-3-5-6/h2-5,8H2,1H3. The SMILES string of the molecule is CCC(N)=C1CCC1. The highest BCUT2D eigenvalue weighted by molar-refractivity contribution is 5.16. The number of hydrogen-bond acceptors (Lipinski definition) is 1. The van der Waals surface area contributed by atoms with Crippen LogP contribution in [0.1, 0.15) is 32.6 Å². The largest absolute Gasteiger partial charge is 0.402 e. The minimum Gasteiger partial charge on any atom is -0.402 e. The molecule has 8 heavy (non-hydrogen) atoms. The van der Waals surface area contributed by atoms with Crippen molar-refractivity contribution in [1.82, 2.24) is 0 Å². The van der Waals surface area contributed by atoms with E-state index in [4.69, 9.17) is 5.73 Å². The molecule has 0 aromatic carbocycles. The molecule has 1 aliphatic rings. The molecule has 46 valence electrons. The van der Waals surface area contributed by atoms with Gasteiger partial charge < -0.3 is 5.73 Å². The smallest absolute Gasteiger partial charge is 0.00696 e. The summed E-state index contributed by atoms with van der Waals surface area (Å²) in [6.07, 6.45) is 4.92. The van der Waals surface area contributed by atoms with Crippen molar-refractivity contribution in [2.45, 2.75) is 32.6 Å². The molecule has 0 radical (unpaired) electrons. The van der Waals surface area contributed by atoms with Gasteiger partial charge in [-0.25, -0.2) is 0 Å². The van der Waals surface area contributed by atoms with E-state index in [1.165, 1.54) is 24.8 Å². The number of allylic oxidation sites excluding steroid dienone is 2. The molecule has 0 aliphatic heterocycles. The van der Waals surface area contributed by atoms with Crippen LogP contribution in [0.5, 0.6) is 0 Å². The second-order valence-corrected chi connectivity index (χ2v) is 2.34. The summed E-state index contributed by atoms with van der Waals surface area (Å²) in [6.45, 7) is 2.11. The predicted molar refractivity (Wildman–Crippen MR) is 35.4 cm³/mol. The third kappa shape index (κ3) is 0.857. The van der Waals surface area contributed by atoms with Crippen LogP contribution < -0.4 is 5.73 Å². The molecule has 0 atom stereocenters. The Kier molecular flexibility index (Phi) is 1.56. The summed E-state index contributed by atoms with van der Waals surface area (Å²) in [5, 5.41) is 0. The lowest BCUT2D eigenvalue weighted by molar-refractivity contribution is 0.642. The van der Waals surface area contributed by atoms with Gasteiger partial charge in [-0.3, -0.25) is 0 Å². The second kappa shape index (κ2) is 2.21. The van der Waals surface area contributed by atoms with Crippen molar-refractivity contribution in [2.75, 3.05) is 0 Å². The van der Waals surface area contributed by atoms with Gasteiger partial charge in [0.1, 0.15) is 0 Å². The molecule has 0 amide bonds. The molecule has 0 bridgehead atoms. The summed E-state index contributed by atoms with van der Waals surface area (Å²) < 4.78 is 0. The van der Waals surface area contributed by atoms with Gasteiger partial charge in [0.25, 0.3) is 0 Å². The monoisotopic (exact) mass is 111 g/mol. The van der Waals surface area contributed by atoms with Crippen molar-refractivity contribution in [3.05, 3.63) is 11.3 Å². The predicted octanol–water partition coefficient (Wildman–Crippen LogP) is 1.79. The van der Waals surface area contributed by atoms with E-state index in [9.17, 15) is 0 Å². The van der Waals surface area contributed by atoms with E-state index in [-0.39, 0.29) is 0 Å². The van der Waals surface area contributed by atoms with Crippen LogP contribution in [0.4, 0.5) is 0 Å². The molecule has 0 spiro atoms. The first-order valence-electron chi connectivity index (χ1n) is 3.31. The molecule has 0 unspecified atom stereocenters. The Bertz CT molecular complexity index is 102. The van der Waals surface area contributed by atoms with Crippen LogP contribution in [0.2, 0.25) is 0 Å². The maximum atomic E-state index is 5.66. The van der Waals surface area contributed by atoms with E-state index in [2.05, 4.69) is 6.92 Å². The highest BCUT2D eigenvalue weighted by Gasteiger charge is 2.10. The van der Waals surface area contributed by atoms with Crippen molar-refractivity contribution < 1.29 is 0 Å². The zero-order valence-electron chi connectivity index (χ0n) is 5.41. The van der Waals surface area contributed by atoms with Gasteiger partial charge in [0, 0.05) is 5.70 Å². The molecule has 0 aromatic rings. The molecule has 1 saturated carbocycles. The van der Waals surface area contributed by atoms with Gasteiger partial charge in [0.05, 0.1) is 0 Å². The minimum atomic E-state index is 1.04. The first-order chi connectivity index (χ1) is 3.84. The third-order valence-electron chi connectivity index (χ3n) is 1.79. The fourth-order valence-corrected chi connectivity index (χ4v) is 0.925. The molecular weight excluding hydrogens is 98.1 g/mol. The molecule has 1 aliphatic carbocycles. The van der Waals surface area contributed by atoms with E-state index in [1.54, 1.807) is 0 Å². The zero-order valence-corrected chi connectivity index (χ0v) is 5.41. The van der Waals surface area contributed by atoms with Crippen LogP contribution in [-0.2, 0) is 0 Å². The van der Waals surface area contributed by atoms with Crippen LogP contribution in [0.25, 0.3) is 0 Å². The van der Waals surface area contributed by atoms with Crippen LogP contribution in [0.15, 0.2) is 11.3 Å². The van der Waals surface area contributed by atoms with Gasteiger partial charge in [0.2, 0.25) is 0 Å². The topological polar surface area (TPSA) is 26.0 Å². The molecule has 1 nitrogen and oxygen atoms in total. The highest BCUT2D eigenvalue weighted by atomic mass is 14.6. The van der Waals surface area contributed by atoms with E-state index in [0.717, 1.165) is 12.1 Å². The van der Waals surface area contributed by atoms with Crippen LogP contribution in [-0.4, -0.2) is 0 Å². The van der Waals surface area contributed by atoms with Crippen LogP contribution in [0, 0.1) is 0 Å². The summed E-state index contributed by atoms with van der Waals surface area (Å²) in [5.41, 5.74) is 8.30. The van der Waals surface area contributed by atoms with Crippen molar-refractivity contribution in [1.29, 1.82) is 0 Å². The van der Waals surface area contributed by atoms with E-state index >= 15 is 0 Å². The van der Waals surface area contributed by atoms with Gasteiger partial charge >= 0.3 is 0 Å². The molecule has 0 aromatic heterocycles. The summed E-state index contributed by atoms with van der Waals surface area (Å²) in [6, 6.07) is 0. The molecule has 1 fully saturated rings. The summed E-state index contributed by atoms with van der Waals surface area (Å²) >= 11 is 0. The molecule has 1 rings (SSSR count). The third-order valence-corrected chi connectivity index (χ3v) is 1.79. The normalized spacial score (nSPS) is 17.9. The number of nitrogens with two attached hydrogens (primary N) is 1. The first-order valence-corrected chi connectivity index (χ1v) is 3.31. The fraction of sp³-hybridized carbons (Fsp3) is 0.714. The Hall–Kier alpha value is -0.460. The van der Waals surface area contributed by atoms with Crippen LogP contribution >= 0.6 is 0 Å². The second-order valence-electron chi connectivity index (χ2n) is 2.34. The Labute approximate surface area is 50.6 Å². The summed E-state index contributed by atoms with van der Waals surface area (Å²) in [5.74, 6) is 0. The Balaban J connectivity index is 2.47. The quantitative estimate of drug-likeness (QED) is 0.548. The average Bonchev–Trinajstić information content (AvgIpc) is 1.62. The van der Waals surface area contributed by atoms with Gasteiger partial charge in [-0.15, -0.1) is 0 Å². The van der Waals surface area contributed by atoms with Gasteiger partial charge in [-0.2, -0.15) is 0 Å². The lowest BCUT2D eigenvalue weighted by atomic mass is 9.90. The first kappa shape index (κ1) is 5.67. The Morgan fingerprint density at radius 3 is 2.38 bits per heavy atom. The van der Waals surface area contributed by atoms with Gasteiger partial charge in [0.15, 0.2) is 0 Å². The fourth-order valence-electron chi connectivity index (χ4n) is 0.925. The summed E-state index contributed by atoms with van der Waals surface area (Å²) in [4.78, 5) is 0. The maximum absolute atomic E-state index is 5.66. The van der Waals surface area contributed by atoms with Crippen LogP contribution in [0.3, 0.4) is 0 Å². The highest BCUT2D eigenvalue weighted by Crippen LogP contribution is 2.27. The van der Waals surface area contributed by atoms with E-state index in [1.807, 2.05) is 0 Å². The molecule has 2 N–H and O–H groups in total. The average molecular weight is 111 g/mol. The maximum Gasteiger partial charge on any atom is 0.00696 e. The minimum absolute atomic E-state index is 1.04. The Morgan fingerprint density at radius 2 is 2.25 bits per heavy atom. The molecule has 0 heterocycles. The van der Waals surface area contributed by atoms with Gasteiger partial charge in [-0.1, -0.05) is 12.5 Å². The summed E-state index contributed by atoms with van der Waals surface area (Å²) in [7, 11) is 0. The number of hydrogen-bond donors (Lipinski definition) is 1. The van der Waals surface area contributed by atoms with Gasteiger partial charge in [-0.05, 0) is 25.7 Å². The van der Waals surface area contributed by atoms with E-state index in [0.29, 0.717) is 0 Å². The van der Waals surface area contributed by atoms with Crippen molar-refractivity contribution in [3.8, 4) is 0 Å². The zero-order chi connectivity index (χ0) is 5.98. The lowest BCUT2D eigenvalue weighted by Gasteiger charge is -2.18. The molecule has 0 saturated heterocycles. The lowest BCUT2D eigenvalue weighted by Crippen LogP contribution is -2.07. The molecule has 1 heteroatoms. The van der Waals surface area contributed by atoms with Crippen molar-refractivity contribution >= 4 is 0 Å². The molecular formula is C7H13N.